The fourth-order valence-corrected chi connectivity index (χ4v) is 3.70. The van der Waals surface area contributed by atoms with E-state index in [0.717, 1.165) is 6.07 Å². The number of hydrogen-bond acceptors (Lipinski definition) is 6. The predicted octanol–water partition coefficient (Wildman–Crippen LogP) is 4.01. The summed E-state index contributed by atoms with van der Waals surface area (Å²) in [4.78, 5) is 39.5. The molecule has 0 spiro atoms. The number of nitro groups is 1. The van der Waals surface area contributed by atoms with Crippen molar-refractivity contribution < 1.29 is 24.4 Å². The fourth-order valence-electron chi connectivity index (χ4n) is 3.45. The molecule has 1 atom stereocenters. The third-order valence-electron chi connectivity index (χ3n) is 4.93. The molecule has 2 aromatic carbocycles. The highest BCUT2D eigenvalue weighted by Crippen LogP contribution is 2.31. The van der Waals surface area contributed by atoms with E-state index in [1.807, 2.05) is 0 Å². The Morgan fingerprint density at radius 3 is 2.53 bits per heavy atom. The van der Waals surface area contributed by atoms with Crippen LogP contribution in [0.2, 0.25) is 5.02 Å². The quantitative estimate of drug-likeness (QED) is 0.545. The lowest BCUT2D eigenvalue weighted by Gasteiger charge is -2.32. The zero-order valence-corrected chi connectivity index (χ0v) is 18.7. The number of aliphatic hydroxyl groups is 1. The number of anilines is 1. The summed E-state index contributed by atoms with van der Waals surface area (Å²) < 4.78 is 5.50. The molecule has 0 saturated carbocycles. The Labute approximate surface area is 190 Å². The number of ether oxygens (including phenoxy) is 1. The zero-order valence-electron chi connectivity index (χ0n) is 17.9. The number of benzene rings is 2. The second kappa shape index (κ2) is 9.13. The van der Waals surface area contributed by atoms with Crippen molar-refractivity contribution in [1.82, 2.24) is 4.90 Å². The molecule has 0 saturated heterocycles. The molecule has 0 aromatic heterocycles. The van der Waals surface area contributed by atoms with E-state index in [-0.39, 0.29) is 29.4 Å². The second-order valence-electron chi connectivity index (χ2n) is 8.41. The van der Waals surface area contributed by atoms with Gasteiger partial charge in [0.25, 0.3) is 11.6 Å². The number of hydrogen-bond donors (Lipinski definition) is 1. The van der Waals surface area contributed by atoms with Crippen LogP contribution in [0.15, 0.2) is 42.5 Å². The van der Waals surface area contributed by atoms with Crippen molar-refractivity contribution in [2.75, 3.05) is 18.1 Å². The highest BCUT2D eigenvalue weighted by molar-refractivity contribution is 6.34. The molecule has 0 radical (unpaired) electrons. The van der Waals surface area contributed by atoms with E-state index in [1.165, 1.54) is 21.9 Å². The van der Waals surface area contributed by atoms with Gasteiger partial charge in [0.1, 0.15) is 5.60 Å². The van der Waals surface area contributed by atoms with Gasteiger partial charge in [-0.25, -0.2) is 4.79 Å². The molecule has 32 heavy (non-hydrogen) atoms. The minimum atomic E-state index is -0.738. The van der Waals surface area contributed by atoms with Crippen LogP contribution in [0.25, 0.3) is 0 Å². The van der Waals surface area contributed by atoms with Gasteiger partial charge in [-0.15, -0.1) is 0 Å². The van der Waals surface area contributed by atoms with E-state index in [2.05, 4.69) is 0 Å². The topological polar surface area (TPSA) is 113 Å². The summed E-state index contributed by atoms with van der Waals surface area (Å²) in [7, 11) is 0. The van der Waals surface area contributed by atoms with Crippen LogP contribution in [0.5, 0.6) is 0 Å². The molecule has 1 aliphatic heterocycles. The van der Waals surface area contributed by atoms with Crippen LogP contribution >= 0.6 is 11.6 Å². The monoisotopic (exact) mass is 461 g/mol. The number of nitrogens with zero attached hydrogens (tertiary/aromatic N) is 3. The molecule has 1 aliphatic rings. The van der Waals surface area contributed by atoms with E-state index in [4.69, 9.17) is 16.3 Å². The van der Waals surface area contributed by atoms with Crippen molar-refractivity contribution >= 4 is 35.0 Å². The van der Waals surface area contributed by atoms with Crippen molar-refractivity contribution in [3.8, 4) is 0 Å². The number of rotatable bonds is 3. The fraction of sp³-hybridized carbons (Fsp3) is 0.364. The number of carbonyl (C=O) groups is 2. The number of amides is 2. The molecule has 2 aromatic rings. The Morgan fingerprint density at radius 2 is 1.94 bits per heavy atom. The molecule has 1 heterocycles. The summed E-state index contributed by atoms with van der Waals surface area (Å²) in [5.74, 6) is -0.498. The molecular weight excluding hydrogens is 438 g/mol. The van der Waals surface area contributed by atoms with Crippen LogP contribution in [0.1, 0.15) is 36.7 Å². The summed E-state index contributed by atoms with van der Waals surface area (Å²) in [6.07, 6.45) is -0.603. The SMILES string of the molecule is CC(C)(C)OC(=O)N1Cc2ccccc2N(C(=O)c2ccc([N+](=O)[O-])cc2Cl)CC1CO. The van der Waals surface area contributed by atoms with Gasteiger partial charge in [0.15, 0.2) is 0 Å². The molecule has 1 unspecified atom stereocenters. The maximum Gasteiger partial charge on any atom is 0.410 e. The first-order valence-electron chi connectivity index (χ1n) is 9.96. The second-order valence-corrected chi connectivity index (χ2v) is 8.82. The average Bonchev–Trinajstić information content (AvgIpc) is 2.89. The Bertz CT molecular complexity index is 1050. The molecule has 10 heteroatoms. The van der Waals surface area contributed by atoms with Crippen molar-refractivity contribution in [3.63, 3.8) is 0 Å². The largest absolute Gasteiger partial charge is 0.444 e. The highest BCUT2D eigenvalue weighted by atomic mass is 35.5. The van der Waals surface area contributed by atoms with Crippen LogP contribution < -0.4 is 4.90 Å². The Kier molecular flexibility index (Phi) is 6.71. The lowest BCUT2D eigenvalue weighted by atomic mass is 10.1. The third-order valence-corrected chi connectivity index (χ3v) is 5.25. The van der Waals surface area contributed by atoms with Gasteiger partial charge in [0.05, 0.1) is 34.7 Å². The molecule has 2 amide bonds. The lowest BCUT2D eigenvalue weighted by Crippen LogP contribution is -2.49. The molecule has 3 rings (SSSR count). The van der Waals surface area contributed by atoms with Gasteiger partial charge in [-0.2, -0.15) is 0 Å². The number of carbonyl (C=O) groups excluding carboxylic acids is 2. The first-order valence-corrected chi connectivity index (χ1v) is 10.3. The minimum absolute atomic E-state index is 0.0150. The van der Waals surface area contributed by atoms with Crippen molar-refractivity contribution in [2.45, 2.75) is 39.0 Å². The van der Waals surface area contributed by atoms with Crippen LogP contribution in [0, 0.1) is 10.1 Å². The maximum atomic E-state index is 13.4. The normalized spacial score (nSPS) is 16.2. The van der Waals surface area contributed by atoms with E-state index < -0.39 is 35.2 Å². The van der Waals surface area contributed by atoms with E-state index in [1.54, 1.807) is 45.0 Å². The molecule has 0 aliphatic carbocycles. The van der Waals surface area contributed by atoms with Crippen LogP contribution in [-0.4, -0.2) is 51.7 Å². The maximum absolute atomic E-state index is 13.4. The standard InChI is InChI=1S/C22H24ClN3O6/c1-22(2,3)32-21(29)24-11-14-6-4-5-7-19(14)25(12-16(24)13-27)20(28)17-9-8-15(26(30)31)10-18(17)23/h4-10,16,27H,11-13H2,1-3H3. The number of aliphatic hydroxyl groups excluding tert-OH is 1. The van der Waals surface area contributed by atoms with E-state index in [0.29, 0.717) is 11.3 Å². The molecule has 9 nitrogen and oxygen atoms in total. The van der Waals surface area contributed by atoms with Gasteiger partial charge in [-0.05, 0) is 38.5 Å². The Morgan fingerprint density at radius 1 is 1.25 bits per heavy atom. The number of para-hydroxylation sites is 1. The number of nitro benzene ring substituents is 1. The molecule has 0 fully saturated rings. The molecular formula is C22H24ClN3O6. The number of fused-ring (bicyclic) bond motifs is 1. The highest BCUT2D eigenvalue weighted by Gasteiger charge is 2.36. The molecule has 170 valence electrons. The summed E-state index contributed by atoms with van der Waals surface area (Å²) in [5, 5.41) is 21.0. The van der Waals surface area contributed by atoms with Crippen LogP contribution in [-0.2, 0) is 11.3 Å². The van der Waals surface area contributed by atoms with Gasteiger partial charge < -0.3 is 14.7 Å². The first kappa shape index (κ1) is 23.5. The summed E-state index contributed by atoms with van der Waals surface area (Å²) in [6.45, 7) is 4.96. The summed E-state index contributed by atoms with van der Waals surface area (Å²) in [5.41, 5.74) is 0.351. The lowest BCUT2D eigenvalue weighted by molar-refractivity contribution is -0.384. The summed E-state index contributed by atoms with van der Waals surface area (Å²) in [6, 6.07) is 9.95. The van der Waals surface area contributed by atoms with Gasteiger partial charge in [-0.3, -0.25) is 19.8 Å². The van der Waals surface area contributed by atoms with Crippen LogP contribution in [0.4, 0.5) is 16.2 Å². The van der Waals surface area contributed by atoms with Crippen LogP contribution in [0.3, 0.4) is 0 Å². The minimum Gasteiger partial charge on any atom is -0.444 e. The third kappa shape index (κ3) is 5.00. The molecule has 1 N–H and O–H groups in total. The van der Waals surface area contributed by atoms with Gasteiger partial charge in [0.2, 0.25) is 0 Å². The van der Waals surface area contributed by atoms with Gasteiger partial charge in [0, 0.05) is 24.4 Å². The van der Waals surface area contributed by atoms with Gasteiger partial charge >= 0.3 is 6.09 Å². The van der Waals surface area contributed by atoms with Crippen molar-refractivity contribution in [1.29, 1.82) is 0 Å². The van der Waals surface area contributed by atoms with E-state index in [9.17, 15) is 24.8 Å². The average molecular weight is 462 g/mol. The van der Waals surface area contributed by atoms with Gasteiger partial charge in [-0.1, -0.05) is 29.8 Å². The van der Waals surface area contributed by atoms with E-state index >= 15 is 0 Å². The van der Waals surface area contributed by atoms with Crippen molar-refractivity contribution in [3.05, 3.63) is 68.7 Å². The predicted molar refractivity (Wildman–Crippen MR) is 119 cm³/mol. The smallest absolute Gasteiger partial charge is 0.410 e. The Hall–Kier alpha value is -3.17. The first-order chi connectivity index (χ1) is 15.0. The Balaban J connectivity index is 2.01. The zero-order chi connectivity index (χ0) is 23.6. The number of halogens is 1. The molecule has 0 bridgehead atoms. The summed E-state index contributed by atoms with van der Waals surface area (Å²) >= 11 is 6.19. The van der Waals surface area contributed by atoms with Crippen molar-refractivity contribution in [2.24, 2.45) is 0 Å². The number of non-ortho nitro benzene ring substituents is 1.